The number of hydrogen-bond acceptors (Lipinski definition) is 4. The first-order chi connectivity index (χ1) is 11.6. The van der Waals surface area contributed by atoms with Gasteiger partial charge in [-0.3, -0.25) is 9.78 Å². The molecule has 122 valence electrons. The van der Waals surface area contributed by atoms with E-state index >= 15 is 0 Å². The van der Waals surface area contributed by atoms with Crippen molar-refractivity contribution in [3.8, 4) is 5.75 Å². The SMILES string of the molecule is COc1ccc2c(c1)[C@H](C)N(Cc1ccc3[nH]c(=O)oc3c1)C2=O. The van der Waals surface area contributed by atoms with Gasteiger partial charge in [0.1, 0.15) is 5.75 Å². The highest BCUT2D eigenvalue weighted by Gasteiger charge is 2.34. The molecule has 1 aromatic heterocycles. The van der Waals surface area contributed by atoms with E-state index in [0.29, 0.717) is 23.2 Å². The van der Waals surface area contributed by atoms with Crippen LogP contribution < -0.4 is 10.5 Å². The predicted octanol–water partition coefficient (Wildman–Crippen LogP) is 2.85. The molecule has 1 atom stereocenters. The lowest BCUT2D eigenvalue weighted by Crippen LogP contribution is -2.26. The van der Waals surface area contributed by atoms with Crippen molar-refractivity contribution in [1.82, 2.24) is 9.88 Å². The van der Waals surface area contributed by atoms with Gasteiger partial charge in [-0.2, -0.15) is 0 Å². The number of rotatable bonds is 3. The lowest BCUT2D eigenvalue weighted by Gasteiger charge is -2.22. The molecule has 0 unspecified atom stereocenters. The number of fused-ring (bicyclic) bond motifs is 2. The number of aromatic nitrogens is 1. The number of nitrogens with one attached hydrogen (secondary N) is 1. The van der Waals surface area contributed by atoms with Crippen LogP contribution in [-0.2, 0) is 6.54 Å². The van der Waals surface area contributed by atoms with Crippen LogP contribution in [0, 0.1) is 0 Å². The van der Waals surface area contributed by atoms with Crippen molar-refractivity contribution in [2.75, 3.05) is 7.11 Å². The summed E-state index contributed by atoms with van der Waals surface area (Å²) in [5.41, 5.74) is 3.73. The Bertz CT molecular complexity index is 1000. The Balaban J connectivity index is 1.66. The summed E-state index contributed by atoms with van der Waals surface area (Å²) in [6, 6.07) is 10.9. The lowest BCUT2D eigenvalue weighted by atomic mass is 10.1. The minimum Gasteiger partial charge on any atom is -0.497 e. The zero-order valence-corrected chi connectivity index (χ0v) is 13.3. The van der Waals surface area contributed by atoms with E-state index in [4.69, 9.17) is 9.15 Å². The molecule has 24 heavy (non-hydrogen) atoms. The normalized spacial score (nSPS) is 16.7. The molecule has 0 spiro atoms. The smallest absolute Gasteiger partial charge is 0.417 e. The number of benzene rings is 2. The van der Waals surface area contributed by atoms with Gasteiger partial charge in [-0.15, -0.1) is 0 Å². The van der Waals surface area contributed by atoms with Crippen LogP contribution in [0.3, 0.4) is 0 Å². The fourth-order valence-electron chi connectivity index (χ4n) is 3.20. The summed E-state index contributed by atoms with van der Waals surface area (Å²) in [4.78, 5) is 28.4. The molecule has 0 saturated carbocycles. The molecular weight excluding hydrogens is 308 g/mol. The van der Waals surface area contributed by atoms with Gasteiger partial charge in [0.2, 0.25) is 0 Å². The minimum atomic E-state index is -0.479. The molecule has 4 rings (SSSR count). The monoisotopic (exact) mass is 324 g/mol. The van der Waals surface area contributed by atoms with E-state index in [1.807, 2.05) is 19.1 Å². The van der Waals surface area contributed by atoms with E-state index in [1.54, 1.807) is 36.3 Å². The zero-order valence-electron chi connectivity index (χ0n) is 13.3. The van der Waals surface area contributed by atoms with Gasteiger partial charge in [-0.05, 0) is 48.4 Å². The Morgan fingerprint density at radius 1 is 1.21 bits per heavy atom. The van der Waals surface area contributed by atoms with Crippen LogP contribution in [0.5, 0.6) is 5.75 Å². The van der Waals surface area contributed by atoms with Gasteiger partial charge >= 0.3 is 5.76 Å². The number of oxazole rings is 1. The van der Waals surface area contributed by atoms with Crippen molar-refractivity contribution in [1.29, 1.82) is 0 Å². The molecule has 0 saturated heterocycles. The molecule has 0 bridgehead atoms. The van der Waals surface area contributed by atoms with Gasteiger partial charge in [0.05, 0.1) is 18.7 Å². The maximum atomic E-state index is 12.7. The number of methoxy groups -OCH3 is 1. The van der Waals surface area contributed by atoms with E-state index < -0.39 is 5.76 Å². The van der Waals surface area contributed by atoms with Crippen LogP contribution >= 0.6 is 0 Å². The van der Waals surface area contributed by atoms with Crippen molar-refractivity contribution in [2.24, 2.45) is 0 Å². The maximum Gasteiger partial charge on any atom is 0.417 e. The van der Waals surface area contributed by atoms with Gasteiger partial charge in [0, 0.05) is 12.1 Å². The second-order valence-electron chi connectivity index (χ2n) is 5.91. The highest BCUT2D eigenvalue weighted by molar-refractivity contribution is 5.99. The van der Waals surface area contributed by atoms with Crippen LogP contribution in [0.4, 0.5) is 0 Å². The van der Waals surface area contributed by atoms with Crippen molar-refractivity contribution >= 4 is 17.0 Å². The van der Waals surface area contributed by atoms with E-state index in [-0.39, 0.29) is 11.9 Å². The largest absolute Gasteiger partial charge is 0.497 e. The average molecular weight is 324 g/mol. The van der Waals surface area contributed by atoms with E-state index in [1.165, 1.54) is 0 Å². The highest BCUT2D eigenvalue weighted by Crippen LogP contribution is 2.36. The van der Waals surface area contributed by atoms with Crippen LogP contribution in [0.25, 0.3) is 11.1 Å². The van der Waals surface area contributed by atoms with Gasteiger partial charge in [-0.25, -0.2) is 4.79 Å². The molecular formula is C18H16N2O4. The zero-order chi connectivity index (χ0) is 16.8. The quantitative estimate of drug-likeness (QED) is 0.804. The number of carbonyl (C=O) groups excluding carboxylic acids is 1. The molecule has 0 fully saturated rings. The summed E-state index contributed by atoms with van der Waals surface area (Å²) in [6.07, 6.45) is 0. The van der Waals surface area contributed by atoms with Crippen LogP contribution in [0.2, 0.25) is 0 Å². The number of hydrogen-bond donors (Lipinski definition) is 1. The summed E-state index contributed by atoms with van der Waals surface area (Å²) in [7, 11) is 1.61. The first-order valence-corrected chi connectivity index (χ1v) is 7.67. The minimum absolute atomic E-state index is 0.00392. The second-order valence-corrected chi connectivity index (χ2v) is 5.91. The molecule has 2 heterocycles. The fraction of sp³-hybridized carbons (Fsp3) is 0.222. The van der Waals surface area contributed by atoms with Crippen molar-refractivity contribution in [3.63, 3.8) is 0 Å². The van der Waals surface area contributed by atoms with Gasteiger partial charge in [0.25, 0.3) is 5.91 Å². The topological polar surface area (TPSA) is 75.5 Å². The number of nitrogens with zero attached hydrogens (tertiary/aromatic N) is 1. The number of aromatic amines is 1. The molecule has 1 N–H and O–H groups in total. The maximum absolute atomic E-state index is 12.7. The third-order valence-corrected chi connectivity index (χ3v) is 4.51. The summed E-state index contributed by atoms with van der Waals surface area (Å²) in [5, 5.41) is 0. The number of ether oxygens (including phenoxy) is 1. The number of H-pyrrole nitrogens is 1. The van der Waals surface area contributed by atoms with E-state index in [9.17, 15) is 9.59 Å². The van der Waals surface area contributed by atoms with E-state index in [0.717, 1.165) is 16.9 Å². The molecule has 3 aromatic rings. The van der Waals surface area contributed by atoms with Crippen LogP contribution in [0.15, 0.2) is 45.6 Å². The van der Waals surface area contributed by atoms with Gasteiger partial charge < -0.3 is 14.1 Å². The number of carbonyl (C=O) groups is 1. The second kappa shape index (κ2) is 5.26. The molecule has 6 heteroatoms. The highest BCUT2D eigenvalue weighted by atomic mass is 16.5. The third-order valence-electron chi connectivity index (χ3n) is 4.51. The lowest BCUT2D eigenvalue weighted by molar-refractivity contribution is 0.0723. The molecule has 6 nitrogen and oxygen atoms in total. The van der Waals surface area contributed by atoms with Crippen LogP contribution in [-0.4, -0.2) is 22.9 Å². The first kappa shape index (κ1) is 14.6. The Morgan fingerprint density at radius 2 is 2.04 bits per heavy atom. The predicted molar refractivity (Wildman–Crippen MR) is 88.1 cm³/mol. The molecule has 0 aliphatic carbocycles. The first-order valence-electron chi connectivity index (χ1n) is 7.67. The molecule has 1 aliphatic rings. The van der Waals surface area contributed by atoms with Crippen molar-refractivity contribution < 1.29 is 13.9 Å². The summed E-state index contributed by atoms with van der Waals surface area (Å²) < 4.78 is 10.3. The van der Waals surface area contributed by atoms with Gasteiger partial charge in [-0.1, -0.05) is 6.07 Å². The van der Waals surface area contributed by atoms with Crippen LogP contribution in [0.1, 0.15) is 34.5 Å². The van der Waals surface area contributed by atoms with E-state index in [2.05, 4.69) is 4.98 Å². The molecule has 1 aliphatic heterocycles. The summed E-state index contributed by atoms with van der Waals surface area (Å²) in [6.45, 7) is 2.44. The molecule has 0 radical (unpaired) electrons. The van der Waals surface area contributed by atoms with Crippen molar-refractivity contribution in [2.45, 2.75) is 19.5 Å². The average Bonchev–Trinajstić information content (AvgIpc) is 3.06. The van der Waals surface area contributed by atoms with Crippen molar-refractivity contribution in [3.05, 3.63) is 63.6 Å². The molecule has 1 amide bonds. The Kier molecular flexibility index (Phi) is 3.19. The third kappa shape index (κ3) is 2.19. The Morgan fingerprint density at radius 3 is 2.83 bits per heavy atom. The standard InChI is InChI=1S/C18H16N2O4/c1-10-14-8-12(23-2)4-5-13(14)17(21)20(10)9-11-3-6-15-16(7-11)24-18(22)19-15/h3-8,10H,9H2,1-2H3,(H,19,22)/t10-/m0/s1. The molecule has 2 aromatic carbocycles. The Labute approximate surface area is 137 Å². The van der Waals surface area contributed by atoms with Gasteiger partial charge in [0.15, 0.2) is 5.58 Å². The Hall–Kier alpha value is -3.02. The summed E-state index contributed by atoms with van der Waals surface area (Å²) in [5.74, 6) is 0.258. The fourth-order valence-corrected chi connectivity index (χ4v) is 3.20. The summed E-state index contributed by atoms with van der Waals surface area (Å²) >= 11 is 0. The number of amides is 1.